The fourth-order valence-electron chi connectivity index (χ4n) is 0.425. The van der Waals surface area contributed by atoms with Gasteiger partial charge < -0.3 is 13.7 Å². The van der Waals surface area contributed by atoms with Crippen LogP contribution in [0.15, 0.2) is 0 Å². The molecule has 28 heteroatoms. The van der Waals surface area contributed by atoms with E-state index in [0.29, 0.717) is 0 Å². The summed E-state index contributed by atoms with van der Waals surface area (Å²) in [6, 6.07) is 0. The van der Waals surface area contributed by atoms with Crippen LogP contribution < -0.4 is 0 Å². The average Bonchev–Trinajstić information content (AvgIpc) is 2.41. The van der Waals surface area contributed by atoms with E-state index >= 15 is 0 Å². The Morgan fingerprint density at radius 3 is 0.441 bits per heavy atom. The maximum Gasteiger partial charge on any atom is 3.00 e. The van der Waals surface area contributed by atoms with Crippen molar-refractivity contribution in [2.45, 2.75) is 34.3 Å². The molecule has 0 rings (SSSR count). The molecule has 0 aliphatic carbocycles. The smallest absolute Gasteiger partial charge is 0.743 e. The standard InChI is InChI=1S/3C2HF5O3S.Y/c3*3-1(4,5)2(6,7)11(8,9)10;/h3*(H,8,9,10);/q;;;+3/p-3. The first kappa shape index (κ1) is 40.9. The molecule has 0 aromatic heterocycles. The summed E-state index contributed by atoms with van der Waals surface area (Å²) in [5.74, 6) is 0. The van der Waals surface area contributed by atoms with Gasteiger partial charge in [0.25, 0.3) is 0 Å². The number of rotatable bonds is 3. The van der Waals surface area contributed by atoms with Gasteiger partial charge in [-0.1, -0.05) is 0 Å². The summed E-state index contributed by atoms with van der Waals surface area (Å²) in [4.78, 5) is 0. The number of alkyl halides is 15. The van der Waals surface area contributed by atoms with E-state index in [1.54, 1.807) is 0 Å². The van der Waals surface area contributed by atoms with Gasteiger partial charge in [0.1, 0.15) is 0 Å². The van der Waals surface area contributed by atoms with Gasteiger partial charge in [-0.15, -0.1) is 0 Å². The molecule has 0 fully saturated rings. The van der Waals surface area contributed by atoms with Crippen LogP contribution in [-0.2, 0) is 63.1 Å². The van der Waals surface area contributed by atoms with Gasteiger partial charge in [0.2, 0.25) is 0 Å². The summed E-state index contributed by atoms with van der Waals surface area (Å²) in [6.45, 7) is 0. The molecule has 0 unspecified atom stereocenters. The molecule has 0 atom stereocenters. The monoisotopic (exact) mass is 686 g/mol. The molecule has 204 valence electrons. The second-order valence-electron chi connectivity index (χ2n) is 4.41. The Morgan fingerprint density at radius 1 is 0.353 bits per heavy atom. The quantitative estimate of drug-likeness (QED) is 0.319. The average molecular weight is 686 g/mol. The molecule has 9 nitrogen and oxygen atoms in total. The van der Waals surface area contributed by atoms with Crippen LogP contribution in [0, 0.1) is 0 Å². The van der Waals surface area contributed by atoms with Crippen molar-refractivity contribution in [3.63, 3.8) is 0 Å². The van der Waals surface area contributed by atoms with Crippen LogP contribution in [0.3, 0.4) is 0 Å². The summed E-state index contributed by atoms with van der Waals surface area (Å²) >= 11 is 0. The van der Waals surface area contributed by atoms with Crippen molar-refractivity contribution in [1.82, 2.24) is 0 Å². The van der Waals surface area contributed by atoms with Crippen molar-refractivity contribution in [1.29, 1.82) is 0 Å². The summed E-state index contributed by atoms with van der Waals surface area (Å²) in [7, 11) is -20.0. The van der Waals surface area contributed by atoms with Gasteiger partial charge >= 0.3 is 67.0 Å². The minimum Gasteiger partial charge on any atom is -0.743 e. The number of hydrogen-bond donors (Lipinski definition) is 0. The molecule has 0 aromatic carbocycles. The second-order valence-corrected chi connectivity index (χ2v) is 8.67. The van der Waals surface area contributed by atoms with Gasteiger partial charge in [0, 0.05) is 0 Å². The van der Waals surface area contributed by atoms with Crippen molar-refractivity contribution < 1.29 is 137 Å². The van der Waals surface area contributed by atoms with Crippen LogP contribution in [0.5, 0.6) is 0 Å². The van der Waals surface area contributed by atoms with Crippen molar-refractivity contribution in [3.8, 4) is 0 Å². The normalized spacial score (nSPS) is 14.6. The SMILES string of the molecule is O=S(=O)([O-])C(F)(F)C(F)(F)F.O=S(=O)([O-])C(F)(F)C(F)(F)F.O=S(=O)([O-])C(F)(F)C(F)(F)F.[Y+3]. The summed E-state index contributed by atoms with van der Waals surface area (Å²) in [5.41, 5.74) is 0. The van der Waals surface area contributed by atoms with Crippen molar-refractivity contribution >= 4 is 30.4 Å². The minimum atomic E-state index is -6.67. The predicted octanol–water partition coefficient (Wildman–Crippen LogP) is 2.06. The van der Waals surface area contributed by atoms with Gasteiger partial charge in [-0.2, -0.15) is 65.9 Å². The van der Waals surface area contributed by atoms with E-state index in [2.05, 4.69) is 0 Å². The van der Waals surface area contributed by atoms with E-state index < -0.39 is 64.6 Å². The van der Waals surface area contributed by atoms with E-state index in [0.717, 1.165) is 0 Å². The molecule has 0 saturated carbocycles. The Bertz CT molecular complexity index is 846. The third-order valence-corrected chi connectivity index (χ3v) is 4.51. The minimum absolute atomic E-state index is 0. The van der Waals surface area contributed by atoms with E-state index in [4.69, 9.17) is 0 Å². The van der Waals surface area contributed by atoms with Crippen LogP contribution in [-0.4, -0.2) is 73.2 Å². The molecule has 0 N–H and O–H groups in total. The van der Waals surface area contributed by atoms with Crippen molar-refractivity contribution in [2.75, 3.05) is 0 Å². The zero-order valence-corrected chi connectivity index (χ0v) is 19.4. The first-order valence-corrected chi connectivity index (χ1v) is 9.92. The topological polar surface area (TPSA) is 172 Å². The summed E-state index contributed by atoms with van der Waals surface area (Å²) < 4.78 is 251. The van der Waals surface area contributed by atoms with E-state index in [1.807, 2.05) is 0 Å². The third kappa shape index (κ3) is 10.4. The van der Waals surface area contributed by atoms with Gasteiger partial charge in [0.15, 0.2) is 30.4 Å². The van der Waals surface area contributed by atoms with Gasteiger partial charge in [-0.05, 0) is 0 Å². The Balaban J connectivity index is -0.000000196. The summed E-state index contributed by atoms with van der Waals surface area (Å²) in [6.07, 6.45) is -19.1. The van der Waals surface area contributed by atoms with Gasteiger partial charge in [-0.25, -0.2) is 25.3 Å². The molecule has 0 bridgehead atoms. The molecule has 0 aromatic rings. The molecular formula is C6F15O9S3Y. The first-order valence-electron chi connectivity index (χ1n) is 5.70. The maximum absolute atomic E-state index is 11.4. The van der Waals surface area contributed by atoms with Crippen LogP contribution in [0.4, 0.5) is 65.9 Å². The van der Waals surface area contributed by atoms with Crippen molar-refractivity contribution in [3.05, 3.63) is 0 Å². The zero-order chi connectivity index (χ0) is 28.5. The van der Waals surface area contributed by atoms with E-state index in [-0.39, 0.29) is 32.7 Å². The molecule has 0 spiro atoms. The van der Waals surface area contributed by atoms with Crippen molar-refractivity contribution in [2.24, 2.45) is 0 Å². The summed E-state index contributed by atoms with van der Waals surface area (Å²) in [5, 5.41) is -18.6. The van der Waals surface area contributed by atoms with Gasteiger partial charge in [0.05, 0.1) is 0 Å². The molecule has 34 heavy (non-hydrogen) atoms. The molecule has 0 saturated heterocycles. The fourth-order valence-corrected chi connectivity index (χ4v) is 1.28. The van der Waals surface area contributed by atoms with E-state index in [1.165, 1.54) is 0 Å². The zero-order valence-electron chi connectivity index (χ0n) is 14.1. The Hall–Kier alpha value is -0.216. The Labute approximate surface area is 201 Å². The Kier molecular flexibility index (Phi) is 13.8. The molecular weight excluding hydrogens is 686 g/mol. The second kappa shape index (κ2) is 11.4. The van der Waals surface area contributed by atoms with E-state index in [9.17, 15) is 105 Å². The molecule has 0 aliphatic heterocycles. The number of halogens is 15. The van der Waals surface area contributed by atoms with Crippen LogP contribution in [0.25, 0.3) is 0 Å². The fraction of sp³-hybridized carbons (Fsp3) is 1.00. The third-order valence-electron chi connectivity index (χ3n) is 1.93. The van der Waals surface area contributed by atoms with Crippen LogP contribution >= 0.6 is 0 Å². The molecule has 0 aliphatic rings. The Morgan fingerprint density at radius 2 is 0.441 bits per heavy atom. The van der Waals surface area contributed by atoms with Gasteiger partial charge in [-0.3, -0.25) is 0 Å². The molecule has 0 radical (unpaired) electrons. The predicted molar refractivity (Wildman–Crippen MR) is 62.1 cm³/mol. The molecule has 0 amide bonds. The molecule has 0 heterocycles. The van der Waals surface area contributed by atoms with Crippen LogP contribution in [0.2, 0.25) is 0 Å². The first-order chi connectivity index (χ1) is 13.5. The number of hydrogen-bond acceptors (Lipinski definition) is 9. The maximum atomic E-state index is 11.4. The largest absolute Gasteiger partial charge is 3.00 e. The van der Waals surface area contributed by atoms with Crippen LogP contribution in [0.1, 0.15) is 0 Å².